The minimum absolute atomic E-state index is 0.00245. The van der Waals surface area contributed by atoms with Gasteiger partial charge in [0.2, 0.25) is 0 Å². The van der Waals surface area contributed by atoms with Gasteiger partial charge in [-0.15, -0.1) is 11.3 Å². The van der Waals surface area contributed by atoms with Crippen molar-refractivity contribution < 1.29 is 9.84 Å². The van der Waals surface area contributed by atoms with Crippen molar-refractivity contribution in [3.8, 4) is 0 Å². The summed E-state index contributed by atoms with van der Waals surface area (Å²) in [4.78, 5) is 4.64. The lowest BCUT2D eigenvalue weighted by Gasteiger charge is -2.16. The molecule has 4 heteroatoms. The summed E-state index contributed by atoms with van der Waals surface area (Å²) in [6.07, 6.45) is 0.932. The van der Waals surface area contributed by atoms with Gasteiger partial charge < -0.3 is 9.84 Å². The predicted molar refractivity (Wildman–Crippen MR) is 64.7 cm³/mol. The number of aromatic nitrogens is 1. The maximum atomic E-state index is 9.26. The van der Waals surface area contributed by atoms with Gasteiger partial charge in [-0.05, 0) is 6.42 Å². The summed E-state index contributed by atoms with van der Waals surface area (Å²) >= 11 is 1.68. The van der Waals surface area contributed by atoms with Gasteiger partial charge >= 0.3 is 0 Å². The zero-order chi connectivity index (χ0) is 11.8. The van der Waals surface area contributed by atoms with Crippen molar-refractivity contribution in [1.29, 1.82) is 0 Å². The normalized spacial score (nSPS) is 26.2. The Bertz CT molecular complexity index is 356. The first-order valence-corrected chi connectivity index (χ1v) is 6.58. The number of hydrogen-bond donors (Lipinski definition) is 1. The summed E-state index contributed by atoms with van der Waals surface area (Å²) in [5.74, 6) is 0.218. The second-order valence-electron chi connectivity index (χ2n) is 5.35. The molecule has 3 nitrogen and oxygen atoms in total. The van der Waals surface area contributed by atoms with Crippen molar-refractivity contribution in [2.45, 2.75) is 38.7 Å². The fourth-order valence-corrected chi connectivity index (χ4v) is 2.84. The van der Waals surface area contributed by atoms with Gasteiger partial charge in [-0.3, -0.25) is 0 Å². The van der Waals surface area contributed by atoms with E-state index >= 15 is 0 Å². The number of nitrogens with zero attached hydrogens (tertiary/aromatic N) is 1. The van der Waals surface area contributed by atoms with Gasteiger partial charge in [0.05, 0.1) is 10.7 Å². The topological polar surface area (TPSA) is 42.4 Å². The summed E-state index contributed by atoms with van der Waals surface area (Å²) in [7, 11) is 0. The number of rotatable bonds is 2. The van der Waals surface area contributed by atoms with Gasteiger partial charge in [-0.2, -0.15) is 0 Å². The molecule has 1 aliphatic rings. The van der Waals surface area contributed by atoms with Gasteiger partial charge in [0.25, 0.3) is 0 Å². The highest BCUT2D eigenvalue weighted by Crippen LogP contribution is 2.36. The Morgan fingerprint density at radius 3 is 2.88 bits per heavy atom. The molecule has 0 bridgehead atoms. The molecule has 2 rings (SSSR count). The molecule has 2 atom stereocenters. The third-order valence-corrected chi connectivity index (χ3v) is 4.19. The Morgan fingerprint density at radius 2 is 2.31 bits per heavy atom. The van der Waals surface area contributed by atoms with Gasteiger partial charge in [0.15, 0.2) is 0 Å². The van der Waals surface area contributed by atoms with Crippen LogP contribution in [-0.4, -0.2) is 23.3 Å². The van der Waals surface area contributed by atoms with Crippen LogP contribution in [0.5, 0.6) is 0 Å². The standard InChI is InChI=1S/C12H19NO2S/c1-12(2,3)11-13-9(7-16-11)10-8(6-14)4-5-15-10/h7-8,10,14H,4-6H2,1-3H3. The molecule has 2 heterocycles. The average Bonchev–Trinajstić information content (AvgIpc) is 2.84. The lowest BCUT2D eigenvalue weighted by molar-refractivity contribution is 0.0691. The summed E-state index contributed by atoms with van der Waals surface area (Å²) in [6, 6.07) is 0. The number of thiazole rings is 1. The van der Waals surface area contributed by atoms with E-state index in [1.807, 2.05) is 0 Å². The average molecular weight is 241 g/mol. The molecule has 16 heavy (non-hydrogen) atoms. The second kappa shape index (κ2) is 4.43. The maximum Gasteiger partial charge on any atom is 0.105 e. The van der Waals surface area contributed by atoms with Gasteiger partial charge in [-0.1, -0.05) is 20.8 Å². The monoisotopic (exact) mass is 241 g/mol. The highest BCUT2D eigenvalue weighted by Gasteiger charge is 2.31. The van der Waals surface area contributed by atoms with E-state index in [4.69, 9.17) is 4.74 Å². The molecule has 0 aromatic carbocycles. The Labute approximate surface area is 100 Å². The fourth-order valence-electron chi connectivity index (χ4n) is 1.91. The number of aliphatic hydroxyl groups is 1. The Balaban J connectivity index is 2.18. The van der Waals surface area contributed by atoms with E-state index in [0.29, 0.717) is 0 Å². The van der Waals surface area contributed by atoms with Crippen molar-refractivity contribution in [2.24, 2.45) is 5.92 Å². The molecule has 2 unspecified atom stereocenters. The smallest absolute Gasteiger partial charge is 0.105 e. The van der Waals surface area contributed by atoms with Crippen LogP contribution in [0, 0.1) is 5.92 Å². The number of hydrogen-bond acceptors (Lipinski definition) is 4. The van der Waals surface area contributed by atoms with E-state index in [0.717, 1.165) is 23.7 Å². The molecule has 1 fully saturated rings. The van der Waals surface area contributed by atoms with E-state index in [1.165, 1.54) is 0 Å². The van der Waals surface area contributed by atoms with E-state index in [2.05, 4.69) is 31.1 Å². The first kappa shape index (κ1) is 12.0. The summed E-state index contributed by atoms with van der Waals surface area (Å²) in [5, 5.41) is 12.5. The summed E-state index contributed by atoms with van der Waals surface area (Å²) in [6.45, 7) is 7.41. The minimum Gasteiger partial charge on any atom is -0.396 e. The van der Waals surface area contributed by atoms with Crippen LogP contribution in [-0.2, 0) is 10.2 Å². The van der Waals surface area contributed by atoms with Crippen LogP contribution >= 0.6 is 11.3 Å². The highest BCUT2D eigenvalue weighted by atomic mass is 32.1. The highest BCUT2D eigenvalue weighted by molar-refractivity contribution is 7.09. The van der Waals surface area contributed by atoms with Crippen LogP contribution in [0.1, 0.15) is 44.0 Å². The lowest BCUT2D eigenvalue weighted by Crippen LogP contribution is -2.14. The molecular formula is C12H19NO2S. The minimum atomic E-state index is -0.00245. The number of aliphatic hydroxyl groups excluding tert-OH is 1. The zero-order valence-corrected chi connectivity index (χ0v) is 10.9. The molecule has 0 spiro atoms. The number of ether oxygens (including phenoxy) is 1. The van der Waals surface area contributed by atoms with Crippen molar-refractivity contribution >= 4 is 11.3 Å². The third kappa shape index (κ3) is 2.29. The Hall–Kier alpha value is -0.450. The summed E-state index contributed by atoms with van der Waals surface area (Å²) < 4.78 is 5.65. The molecule has 0 amide bonds. The molecule has 1 aliphatic heterocycles. The van der Waals surface area contributed by atoms with E-state index in [-0.39, 0.29) is 24.0 Å². The molecule has 1 aromatic heterocycles. The van der Waals surface area contributed by atoms with Crippen LogP contribution in [0.15, 0.2) is 5.38 Å². The first-order chi connectivity index (χ1) is 7.52. The van der Waals surface area contributed by atoms with Crippen molar-refractivity contribution in [2.75, 3.05) is 13.2 Å². The zero-order valence-electron chi connectivity index (χ0n) is 10.1. The second-order valence-corrected chi connectivity index (χ2v) is 6.21. The molecule has 0 aliphatic carbocycles. The molecular weight excluding hydrogens is 222 g/mol. The quantitative estimate of drug-likeness (QED) is 0.865. The van der Waals surface area contributed by atoms with Crippen molar-refractivity contribution in [3.63, 3.8) is 0 Å². The Morgan fingerprint density at radius 1 is 1.56 bits per heavy atom. The van der Waals surface area contributed by atoms with Gasteiger partial charge in [0.1, 0.15) is 6.10 Å². The van der Waals surface area contributed by atoms with Crippen LogP contribution in [0.3, 0.4) is 0 Å². The van der Waals surface area contributed by atoms with Crippen molar-refractivity contribution in [3.05, 3.63) is 16.1 Å². The first-order valence-electron chi connectivity index (χ1n) is 5.70. The van der Waals surface area contributed by atoms with Crippen molar-refractivity contribution in [1.82, 2.24) is 4.98 Å². The van der Waals surface area contributed by atoms with E-state index in [1.54, 1.807) is 11.3 Å². The molecule has 0 radical (unpaired) electrons. The summed E-state index contributed by atoms with van der Waals surface area (Å²) in [5.41, 5.74) is 1.09. The SMILES string of the molecule is CC(C)(C)c1nc(C2OCCC2CO)cs1. The molecule has 90 valence electrons. The van der Waals surface area contributed by atoms with Crippen LogP contribution in [0.2, 0.25) is 0 Å². The van der Waals surface area contributed by atoms with Gasteiger partial charge in [-0.25, -0.2) is 4.98 Å². The molecule has 0 saturated carbocycles. The fraction of sp³-hybridized carbons (Fsp3) is 0.750. The van der Waals surface area contributed by atoms with E-state index in [9.17, 15) is 5.11 Å². The Kier molecular flexibility index (Phi) is 3.33. The third-order valence-electron chi connectivity index (χ3n) is 2.90. The molecule has 1 saturated heterocycles. The maximum absolute atomic E-state index is 9.26. The van der Waals surface area contributed by atoms with Crippen LogP contribution < -0.4 is 0 Å². The van der Waals surface area contributed by atoms with Crippen LogP contribution in [0.25, 0.3) is 0 Å². The largest absolute Gasteiger partial charge is 0.396 e. The molecule has 1 N–H and O–H groups in total. The predicted octanol–water partition coefficient (Wildman–Crippen LogP) is 2.51. The van der Waals surface area contributed by atoms with Gasteiger partial charge in [0, 0.05) is 29.9 Å². The lowest BCUT2D eigenvalue weighted by atomic mass is 9.97. The van der Waals surface area contributed by atoms with Crippen LogP contribution in [0.4, 0.5) is 0 Å². The van der Waals surface area contributed by atoms with E-state index < -0.39 is 0 Å². The molecule has 1 aromatic rings.